The van der Waals surface area contributed by atoms with Crippen molar-refractivity contribution in [3.05, 3.63) is 209 Å². The van der Waals surface area contributed by atoms with Crippen molar-refractivity contribution in [1.29, 1.82) is 0 Å². The molecule has 0 fully saturated rings. The zero-order valence-electron chi connectivity index (χ0n) is 42.4. The van der Waals surface area contributed by atoms with E-state index in [2.05, 4.69) is 84.5 Å². The van der Waals surface area contributed by atoms with Gasteiger partial charge in [0.05, 0.1) is 18.5 Å². The molecule has 0 unspecified atom stereocenters. The molecular weight excluding hydrogens is 903 g/mol. The Bertz CT molecular complexity index is 2610. The van der Waals surface area contributed by atoms with Crippen LogP contribution in [0, 0.1) is 83.1 Å². The van der Waals surface area contributed by atoms with Crippen LogP contribution in [-0.4, -0.2) is 73.2 Å². The summed E-state index contributed by atoms with van der Waals surface area (Å²) in [5.74, 6) is 1.75. The van der Waals surface area contributed by atoms with E-state index < -0.39 is 6.09 Å². The minimum Gasteiger partial charge on any atom is -0.453 e. The van der Waals surface area contributed by atoms with E-state index >= 15 is 0 Å². The number of carbonyl (C=O) groups is 1. The Morgan fingerprint density at radius 3 is 1.49 bits per heavy atom. The topological polar surface area (TPSA) is 201 Å². The lowest BCUT2D eigenvalue weighted by Gasteiger charge is -2.01. The molecule has 0 bridgehead atoms. The first kappa shape index (κ1) is 65.8. The van der Waals surface area contributed by atoms with Crippen LogP contribution in [0.25, 0.3) is 11.4 Å². The lowest BCUT2D eigenvalue weighted by molar-refractivity contribution is 0.187. The largest absolute Gasteiger partial charge is 0.453 e. The maximum atomic E-state index is 10.7. The SMILES string of the molecule is C.C.C.COC(=O)Nc1cc(C)ccn1.Cc1cc(C)n(C)n1.Cc1ccc(-c2noc(C)n2)cc1.Cc1cccc(C)n1.Cc1ccn[nH]1.Cc1ccnc(C)c1.Cc1ccncc1.Cc1cnccn1. The maximum Gasteiger partial charge on any atom is 0.412 e. The second kappa shape index (κ2) is 37.6. The normalized spacial score (nSPS) is 8.97. The Hall–Kier alpha value is -8.27. The summed E-state index contributed by atoms with van der Waals surface area (Å²) in [6, 6.07) is 29.6. The zero-order valence-corrected chi connectivity index (χ0v) is 42.4. The molecule has 0 saturated heterocycles. The number of ether oxygens (including phenoxy) is 1. The van der Waals surface area contributed by atoms with Crippen LogP contribution in [0.4, 0.5) is 10.6 Å². The molecule has 72 heavy (non-hydrogen) atoms. The Labute approximate surface area is 429 Å². The number of aromatic nitrogens is 12. The summed E-state index contributed by atoms with van der Waals surface area (Å²) < 4.78 is 11.2. The van der Waals surface area contributed by atoms with Crippen LogP contribution in [0.15, 0.2) is 145 Å². The Morgan fingerprint density at radius 1 is 0.569 bits per heavy atom. The van der Waals surface area contributed by atoms with E-state index in [-0.39, 0.29) is 22.3 Å². The number of pyridine rings is 4. The van der Waals surface area contributed by atoms with Crippen LogP contribution >= 0.6 is 0 Å². The Balaban J connectivity index is 0. The Morgan fingerprint density at radius 2 is 1.15 bits per heavy atom. The third-order valence-corrected chi connectivity index (χ3v) is 8.66. The highest BCUT2D eigenvalue weighted by molar-refractivity contribution is 5.83. The van der Waals surface area contributed by atoms with Gasteiger partial charge < -0.3 is 9.26 Å². The summed E-state index contributed by atoms with van der Waals surface area (Å²) in [4.78, 5) is 38.6. The van der Waals surface area contributed by atoms with E-state index in [4.69, 9.17) is 4.52 Å². The highest BCUT2D eigenvalue weighted by atomic mass is 16.5. The summed E-state index contributed by atoms with van der Waals surface area (Å²) in [6.45, 7) is 23.7. The van der Waals surface area contributed by atoms with Gasteiger partial charge in [0, 0.05) is 97.6 Å². The molecule has 9 aromatic rings. The first-order valence-electron chi connectivity index (χ1n) is 21.9. The molecule has 2 N–H and O–H groups in total. The quantitative estimate of drug-likeness (QED) is 0.166. The highest BCUT2D eigenvalue weighted by Crippen LogP contribution is 2.15. The second-order valence-corrected chi connectivity index (χ2v) is 15.4. The van der Waals surface area contributed by atoms with Gasteiger partial charge in [0.1, 0.15) is 5.82 Å². The van der Waals surface area contributed by atoms with Gasteiger partial charge in [0.15, 0.2) is 0 Å². The molecular formula is C56H79N13O3. The van der Waals surface area contributed by atoms with Crippen molar-refractivity contribution in [2.24, 2.45) is 7.05 Å². The van der Waals surface area contributed by atoms with Crippen molar-refractivity contribution >= 4 is 11.9 Å². The number of carbonyl (C=O) groups excluding carboxylic acids is 1. The van der Waals surface area contributed by atoms with Crippen molar-refractivity contribution in [2.45, 2.75) is 105 Å². The van der Waals surface area contributed by atoms with Crippen molar-refractivity contribution < 1.29 is 14.1 Å². The number of hydrogen-bond acceptors (Lipinski definition) is 13. The van der Waals surface area contributed by atoms with Crippen molar-refractivity contribution in [2.75, 3.05) is 12.4 Å². The van der Waals surface area contributed by atoms with E-state index in [1.54, 1.807) is 56.4 Å². The lowest BCUT2D eigenvalue weighted by atomic mass is 10.1. The predicted molar refractivity (Wildman–Crippen MR) is 294 cm³/mol. The molecule has 386 valence electrons. The smallest absolute Gasteiger partial charge is 0.412 e. The summed E-state index contributed by atoms with van der Waals surface area (Å²) in [6.07, 6.45) is 13.3. The summed E-state index contributed by atoms with van der Waals surface area (Å²) in [5.41, 5.74) is 13.4. The van der Waals surface area contributed by atoms with Gasteiger partial charge in [-0.2, -0.15) is 15.2 Å². The molecule has 9 rings (SSSR count). The molecule has 16 nitrogen and oxygen atoms in total. The fourth-order valence-corrected chi connectivity index (χ4v) is 5.11. The standard InChI is InChI=1S/C10H10N2O.C8H10N2O2.2C7H9N.C6H10N2.C6H7N.C5H6N2.C4H6N2.3CH4/c1-7-3-5-9(6-4-7)10-11-8(2)13-12-10;1-6-3-4-9-7(5-6)10-8(11)12-2;1-6-3-4-8-7(2)5-6;1-6-4-3-5-7(2)8-6;1-5-4-6(2)8(3)7-5;1-6-2-4-7-5-3-6;1-5-4-6-2-3-7-5;1-4-2-3-5-6-4;;;/h3-6H,1-2H3;3-5H,1-2H3,(H,9,10,11);2*3-5H,1-2H3;4H,1-3H3;2-5H,1H3;2-4H,1H3;2-3H,1H3,(H,5,6);3*1H4. The van der Waals surface area contributed by atoms with Crippen LogP contribution in [0.2, 0.25) is 0 Å². The monoisotopic (exact) mass is 982 g/mol. The summed E-state index contributed by atoms with van der Waals surface area (Å²) >= 11 is 0. The number of aromatic amines is 1. The number of benzene rings is 1. The van der Waals surface area contributed by atoms with Crippen LogP contribution in [0.1, 0.15) is 90.3 Å². The lowest BCUT2D eigenvalue weighted by Crippen LogP contribution is -2.11. The number of rotatable bonds is 2. The van der Waals surface area contributed by atoms with Gasteiger partial charge in [-0.3, -0.25) is 40.0 Å². The van der Waals surface area contributed by atoms with E-state index in [0.717, 1.165) is 45.3 Å². The molecule has 0 atom stereocenters. The van der Waals surface area contributed by atoms with Gasteiger partial charge >= 0.3 is 6.09 Å². The van der Waals surface area contributed by atoms with Crippen molar-refractivity contribution in [3.63, 3.8) is 0 Å². The van der Waals surface area contributed by atoms with Crippen LogP contribution in [-0.2, 0) is 11.8 Å². The van der Waals surface area contributed by atoms with Gasteiger partial charge in [-0.15, -0.1) is 0 Å². The van der Waals surface area contributed by atoms with Gasteiger partial charge in [0.25, 0.3) is 0 Å². The number of aryl methyl sites for hydroxylation is 13. The number of H-pyrrole nitrogens is 1. The van der Waals surface area contributed by atoms with Crippen LogP contribution < -0.4 is 5.32 Å². The molecule has 0 spiro atoms. The van der Waals surface area contributed by atoms with Gasteiger partial charge in [-0.25, -0.2) is 9.78 Å². The van der Waals surface area contributed by atoms with Crippen molar-refractivity contribution in [3.8, 4) is 11.4 Å². The minimum atomic E-state index is -0.506. The number of nitrogens with zero attached hydrogens (tertiary/aromatic N) is 11. The van der Waals surface area contributed by atoms with E-state index in [1.165, 1.54) is 29.5 Å². The van der Waals surface area contributed by atoms with Gasteiger partial charge in [-0.1, -0.05) is 63.3 Å². The first-order chi connectivity index (χ1) is 32.9. The molecule has 0 radical (unpaired) electrons. The second-order valence-electron chi connectivity index (χ2n) is 15.4. The third kappa shape index (κ3) is 31.0. The minimum absolute atomic E-state index is 0. The van der Waals surface area contributed by atoms with Crippen LogP contribution in [0.5, 0.6) is 0 Å². The predicted octanol–water partition coefficient (Wildman–Crippen LogP) is 13.2. The summed E-state index contributed by atoms with van der Waals surface area (Å²) in [5, 5.41) is 16.9. The fraction of sp³-hybridized carbons (Fsp3) is 0.304. The van der Waals surface area contributed by atoms with E-state index in [0.29, 0.717) is 17.5 Å². The highest BCUT2D eigenvalue weighted by Gasteiger charge is 2.04. The van der Waals surface area contributed by atoms with E-state index in [1.807, 2.05) is 160 Å². The average molecular weight is 982 g/mol. The molecule has 0 aliphatic heterocycles. The van der Waals surface area contributed by atoms with Gasteiger partial charge in [0.2, 0.25) is 11.7 Å². The number of hydrogen-bond donors (Lipinski definition) is 2. The molecule has 1 amide bonds. The average Bonchev–Trinajstić information content (AvgIpc) is 4.06. The Kier molecular flexibility index (Phi) is 34.4. The summed E-state index contributed by atoms with van der Waals surface area (Å²) in [7, 11) is 3.26. The first-order valence-corrected chi connectivity index (χ1v) is 21.9. The van der Waals surface area contributed by atoms with Crippen LogP contribution in [0.3, 0.4) is 0 Å². The number of nitrogens with one attached hydrogen (secondary N) is 2. The third-order valence-electron chi connectivity index (χ3n) is 8.66. The fourth-order valence-electron chi connectivity index (χ4n) is 5.11. The molecule has 0 aliphatic rings. The molecule has 0 saturated carbocycles. The molecule has 8 aromatic heterocycles. The molecule has 0 aliphatic carbocycles. The molecule has 1 aromatic carbocycles. The number of amides is 1. The molecule has 8 heterocycles. The molecule has 16 heteroatoms. The van der Waals surface area contributed by atoms with Crippen molar-refractivity contribution in [1.82, 2.24) is 60.0 Å². The van der Waals surface area contributed by atoms with E-state index in [9.17, 15) is 4.79 Å². The maximum absolute atomic E-state index is 10.7. The van der Waals surface area contributed by atoms with Gasteiger partial charge in [-0.05, 0) is 154 Å². The number of anilines is 1. The number of methoxy groups -OCH3 is 1. The zero-order chi connectivity index (χ0) is 51.0.